The number of phenols is 1. The van der Waals surface area contributed by atoms with Crippen LogP contribution in [0.15, 0.2) is 66.9 Å². The predicted octanol–water partition coefficient (Wildman–Crippen LogP) is 5.81. The summed E-state index contributed by atoms with van der Waals surface area (Å²) in [6.07, 6.45) is 1.68. The molecule has 0 saturated carbocycles. The van der Waals surface area contributed by atoms with Crippen molar-refractivity contribution >= 4 is 28.3 Å². The zero-order valence-electron chi connectivity index (χ0n) is 15.6. The van der Waals surface area contributed by atoms with Gasteiger partial charge in [0.25, 0.3) is 0 Å². The van der Waals surface area contributed by atoms with Crippen LogP contribution in [0.4, 0.5) is 5.82 Å². The van der Waals surface area contributed by atoms with Crippen molar-refractivity contribution in [3.05, 3.63) is 94.3 Å². The molecule has 2 aromatic heterocycles. The average molecular weight is 390 g/mol. The maximum Gasteiger partial charge on any atom is 0.147 e. The maximum absolute atomic E-state index is 11.0. The monoisotopic (exact) mass is 389 g/mol. The molecule has 2 N–H and O–H groups in total. The first kappa shape index (κ1) is 18.3. The fourth-order valence-electron chi connectivity index (χ4n) is 3.28. The van der Waals surface area contributed by atoms with E-state index in [2.05, 4.69) is 15.3 Å². The van der Waals surface area contributed by atoms with Crippen molar-refractivity contribution < 1.29 is 5.11 Å². The largest absolute Gasteiger partial charge is 0.505 e. The number of rotatable bonds is 4. The fourth-order valence-corrected chi connectivity index (χ4v) is 3.47. The fraction of sp³-hybridized carbons (Fsp3) is 0.130. The lowest BCUT2D eigenvalue weighted by atomic mass is 9.95. The summed E-state index contributed by atoms with van der Waals surface area (Å²) in [5, 5.41) is 16.0. The number of halogens is 1. The molecule has 4 rings (SSSR count). The molecule has 0 aliphatic heterocycles. The summed E-state index contributed by atoms with van der Waals surface area (Å²) in [6, 6.07) is 19.0. The number of benzene rings is 2. The van der Waals surface area contributed by atoms with Crippen molar-refractivity contribution in [1.29, 1.82) is 0 Å². The van der Waals surface area contributed by atoms with E-state index in [9.17, 15) is 5.11 Å². The van der Waals surface area contributed by atoms with E-state index in [1.165, 1.54) is 0 Å². The molecule has 0 aliphatic rings. The van der Waals surface area contributed by atoms with Crippen LogP contribution in [-0.2, 0) is 0 Å². The quantitative estimate of drug-likeness (QED) is 0.462. The van der Waals surface area contributed by atoms with E-state index in [-0.39, 0.29) is 11.8 Å². The number of pyridine rings is 2. The van der Waals surface area contributed by atoms with Gasteiger partial charge in [-0.05, 0) is 49.2 Å². The van der Waals surface area contributed by atoms with Gasteiger partial charge in [-0.3, -0.25) is 4.98 Å². The van der Waals surface area contributed by atoms with Gasteiger partial charge < -0.3 is 10.4 Å². The van der Waals surface area contributed by atoms with Crippen LogP contribution in [0.3, 0.4) is 0 Å². The third-order valence-corrected chi connectivity index (χ3v) is 5.21. The molecule has 0 fully saturated rings. The number of fused-ring (bicyclic) bond motifs is 1. The standard InChI is InChI=1S/C23H20ClN3O/c1-14-8-9-17(13-19(14)24)21(27-20-7-3-5-15(2)26-20)18-11-10-16-6-4-12-25-22(16)23(18)28/h3-13,21,28H,1-2H3,(H,26,27). The molecule has 28 heavy (non-hydrogen) atoms. The smallest absolute Gasteiger partial charge is 0.147 e. The highest BCUT2D eigenvalue weighted by molar-refractivity contribution is 6.31. The summed E-state index contributed by atoms with van der Waals surface area (Å²) >= 11 is 6.39. The highest BCUT2D eigenvalue weighted by atomic mass is 35.5. The van der Waals surface area contributed by atoms with Crippen LogP contribution in [0.2, 0.25) is 5.02 Å². The average Bonchev–Trinajstić information content (AvgIpc) is 2.69. The van der Waals surface area contributed by atoms with E-state index in [0.717, 1.165) is 33.6 Å². The summed E-state index contributed by atoms with van der Waals surface area (Å²) < 4.78 is 0. The Balaban J connectivity index is 1.87. The second-order valence-electron chi connectivity index (χ2n) is 6.83. The van der Waals surface area contributed by atoms with Crippen LogP contribution in [0.25, 0.3) is 10.9 Å². The highest BCUT2D eigenvalue weighted by Crippen LogP contribution is 2.37. The number of nitrogens with one attached hydrogen (secondary N) is 1. The Bertz CT molecular complexity index is 1160. The number of aromatic nitrogens is 2. The lowest BCUT2D eigenvalue weighted by molar-refractivity contribution is 0.471. The molecule has 0 bridgehead atoms. The number of hydrogen-bond acceptors (Lipinski definition) is 4. The summed E-state index contributed by atoms with van der Waals surface area (Å²) in [5.74, 6) is 0.877. The van der Waals surface area contributed by atoms with Crippen LogP contribution in [-0.4, -0.2) is 15.1 Å². The van der Waals surface area contributed by atoms with Gasteiger partial charge in [0.15, 0.2) is 0 Å². The molecule has 0 spiro atoms. The van der Waals surface area contributed by atoms with Crippen LogP contribution in [0.1, 0.15) is 28.4 Å². The molecule has 1 atom stereocenters. The molecule has 2 heterocycles. The summed E-state index contributed by atoms with van der Waals surface area (Å²) in [4.78, 5) is 8.91. The third-order valence-electron chi connectivity index (χ3n) is 4.80. The molecule has 4 aromatic rings. The molecule has 5 heteroatoms. The van der Waals surface area contributed by atoms with Crippen LogP contribution < -0.4 is 5.32 Å². The molecule has 0 amide bonds. The van der Waals surface area contributed by atoms with Gasteiger partial charge in [0, 0.05) is 27.9 Å². The first-order chi connectivity index (χ1) is 13.5. The van der Waals surface area contributed by atoms with Crippen molar-refractivity contribution in [1.82, 2.24) is 9.97 Å². The molecule has 0 saturated heterocycles. The second kappa shape index (κ2) is 7.49. The molecule has 2 aromatic carbocycles. The van der Waals surface area contributed by atoms with E-state index in [1.807, 2.05) is 74.5 Å². The SMILES string of the molecule is Cc1cccc(NC(c2ccc(C)c(Cl)c2)c2ccc3cccnc3c2O)n1. The van der Waals surface area contributed by atoms with Crippen molar-refractivity contribution in [2.24, 2.45) is 0 Å². The lowest BCUT2D eigenvalue weighted by Gasteiger charge is -2.22. The maximum atomic E-state index is 11.0. The topological polar surface area (TPSA) is 58.0 Å². The summed E-state index contributed by atoms with van der Waals surface area (Å²) in [5.41, 5.74) is 4.14. The van der Waals surface area contributed by atoms with Gasteiger partial charge >= 0.3 is 0 Å². The summed E-state index contributed by atoms with van der Waals surface area (Å²) in [6.45, 7) is 3.91. The van der Waals surface area contributed by atoms with Gasteiger partial charge in [-0.2, -0.15) is 0 Å². The van der Waals surface area contributed by atoms with Gasteiger partial charge in [-0.15, -0.1) is 0 Å². The minimum Gasteiger partial charge on any atom is -0.505 e. The highest BCUT2D eigenvalue weighted by Gasteiger charge is 2.21. The Morgan fingerprint density at radius 2 is 1.86 bits per heavy atom. The van der Waals surface area contributed by atoms with E-state index in [1.54, 1.807) is 6.20 Å². The number of aromatic hydroxyl groups is 1. The molecule has 1 unspecified atom stereocenters. The predicted molar refractivity (Wildman–Crippen MR) is 114 cm³/mol. The second-order valence-corrected chi connectivity index (χ2v) is 7.24. The Kier molecular flexibility index (Phi) is 4.88. The van der Waals surface area contributed by atoms with Crippen LogP contribution in [0.5, 0.6) is 5.75 Å². The first-order valence-corrected chi connectivity index (χ1v) is 9.43. The molecule has 140 valence electrons. The summed E-state index contributed by atoms with van der Waals surface area (Å²) in [7, 11) is 0. The van der Waals surface area contributed by atoms with Crippen molar-refractivity contribution in [2.45, 2.75) is 19.9 Å². The number of hydrogen-bond donors (Lipinski definition) is 2. The molecular formula is C23H20ClN3O. The lowest BCUT2D eigenvalue weighted by Crippen LogP contribution is -2.14. The molecular weight excluding hydrogens is 370 g/mol. The number of aryl methyl sites for hydroxylation is 2. The zero-order valence-corrected chi connectivity index (χ0v) is 16.4. The Morgan fingerprint density at radius 1 is 1.00 bits per heavy atom. The van der Waals surface area contributed by atoms with Gasteiger partial charge in [0.05, 0.1) is 6.04 Å². The van der Waals surface area contributed by atoms with Gasteiger partial charge in [-0.25, -0.2) is 4.98 Å². The molecule has 0 radical (unpaired) electrons. The van der Waals surface area contributed by atoms with E-state index >= 15 is 0 Å². The Hall–Kier alpha value is -3.11. The van der Waals surface area contributed by atoms with Gasteiger partial charge in [-0.1, -0.05) is 48.0 Å². The van der Waals surface area contributed by atoms with Gasteiger partial charge in [0.1, 0.15) is 17.1 Å². The van der Waals surface area contributed by atoms with Crippen molar-refractivity contribution in [3.63, 3.8) is 0 Å². The van der Waals surface area contributed by atoms with E-state index in [4.69, 9.17) is 11.6 Å². The molecule has 4 nitrogen and oxygen atoms in total. The van der Waals surface area contributed by atoms with Crippen LogP contribution >= 0.6 is 11.6 Å². The van der Waals surface area contributed by atoms with Crippen molar-refractivity contribution in [2.75, 3.05) is 5.32 Å². The third kappa shape index (κ3) is 3.51. The normalized spacial score (nSPS) is 12.1. The van der Waals surface area contributed by atoms with E-state index < -0.39 is 0 Å². The number of nitrogens with zero attached hydrogens (tertiary/aromatic N) is 2. The minimum atomic E-state index is -0.334. The number of phenolic OH excluding ortho intramolecular Hbond substituents is 1. The van der Waals surface area contributed by atoms with Crippen LogP contribution in [0, 0.1) is 13.8 Å². The zero-order chi connectivity index (χ0) is 19.7. The Labute approximate surface area is 168 Å². The molecule has 0 aliphatic carbocycles. The van der Waals surface area contributed by atoms with Crippen molar-refractivity contribution in [3.8, 4) is 5.75 Å². The first-order valence-electron chi connectivity index (χ1n) is 9.06. The van der Waals surface area contributed by atoms with Gasteiger partial charge in [0.2, 0.25) is 0 Å². The number of anilines is 1. The van der Waals surface area contributed by atoms with E-state index in [0.29, 0.717) is 10.5 Å². The Morgan fingerprint density at radius 3 is 2.64 bits per heavy atom. The minimum absolute atomic E-state index is 0.153.